The van der Waals surface area contributed by atoms with Crippen LogP contribution in [0.5, 0.6) is 0 Å². The summed E-state index contributed by atoms with van der Waals surface area (Å²) in [4.78, 5) is 8.24. The molecule has 2 aromatic rings. The van der Waals surface area contributed by atoms with Crippen molar-refractivity contribution in [1.82, 2.24) is 19.9 Å². The second-order valence-electron chi connectivity index (χ2n) is 4.68. The lowest BCUT2D eigenvalue weighted by Gasteiger charge is -2.23. The van der Waals surface area contributed by atoms with E-state index in [0.29, 0.717) is 11.1 Å². The fourth-order valence-corrected chi connectivity index (χ4v) is 2.93. The number of hydrogen-bond acceptors (Lipinski definition) is 3. The van der Waals surface area contributed by atoms with Gasteiger partial charge in [0.25, 0.3) is 0 Å². The van der Waals surface area contributed by atoms with Gasteiger partial charge in [0.2, 0.25) is 5.28 Å². The summed E-state index contributed by atoms with van der Waals surface area (Å²) in [7, 11) is 0. The fraction of sp³-hybridized carbons (Fsp3) is 0.500. The molecule has 18 heavy (non-hydrogen) atoms. The molecule has 0 aromatic carbocycles. The summed E-state index contributed by atoms with van der Waals surface area (Å²) in [5.41, 5.74) is 0.832. The number of nitrogens with one attached hydrogen (secondary N) is 1. The summed E-state index contributed by atoms with van der Waals surface area (Å²) in [6, 6.07) is 1.95. The Balaban J connectivity index is 1.92. The maximum Gasteiger partial charge on any atom is 0.225 e. The molecule has 0 radical (unpaired) electrons. The van der Waals surface area contributed by atoms with Crippen LogP contribution in [0.2, 0.25) is 10.4 Å². The van der Waals surface area contributed by atoms with Crippen LogP contribution in [-0.4, -0.2) is 27.6 Å². The lowest BCUT2D eigenvalue weighted by molar-refractivity contribution is 0.336. The Kier molecular flexibility index (Phi) is 3.41. The molecule has 6 heteroatoms. The van der Waals surface area contributed by atoms with Gasteiger partial charge in [-0.3, -0.25) is 0 Å². The van der Waals surface area contributed by atoms with Gasteiger partial charge < -0.3 is 9.88 Å². The van der Waals surface area contributed by atoms with Crippen LogP contribution >= 0.6 is 23.2 Å². The molecule has 0 spiro atoms. The Morgan fingerprint density at radius 2 is 2.06 bits per heavy atom. The van der Waals surface area contributed by atoms with Crippen molar-refractivity contribution >= 4 is 34.2 Å². The number of halogens is 2. The van der Waals surface area contributed by atoms with Gasteiger partial charge in [-0.25, -0.2) is 4.98 Å². The molecule has 0 aliphatic carbocycles. The highest BCUT2D eigenvalue weighted by Crippen LogP contribution is 2.25. The Hall–Kier alpha value is -0.840. The first-order valence-corrected chi connectivity index (χ1v) is 6.88. The Morgan fingerprint density at radius 3 is 2.83 bits per heavy atom. The average molecular weight is 285 g/mol. The van der Waals surface area contributed by atoms with E-state index in [9.17, 15) is 0 Å². The molecule has 0 unspecified atom stereocenters. The van der Waals surface area contributed by atoms with Gasteiger partial charge in [-0.05, 0) is 49.5 Å². The molecule has 4 nitrogen and oxygen atoms in total. The number of nitrogens with zero attached hydrogens (tertiary/aromatic N) is 3. The van der Waals surface area contributed by atoms with Crippen molar-refractivity contribution in [2.75, 3.05) is 13.1 Å². The molecule has 0 atom stereocenters. The molecule has 1 fully saturated rings. The molecule has 1 saturated heterocycles. The van der Waals surface area contributed by atoms with Gasteiger partial charge in [0.05, 0.1) is 5.39 Å². The molecular weight excluding hydrogens is 271 g/mol. The lowest BCUT2D eigenvalue weighted by atomic mass is 9.98. The van der Waals surface area contributed by atoms with Crippen molar-refractivity contribution < 1.29 is 0 Å². The van der Waals surface area contributed by atoms with Crippen LogP contribution in [-0.2, 0) is 6.54 Å². The first-order valence-electron chi connectivity index (χ1n) is 6.12. The van der Waals surface area contributed by atoms with Crippen LogP contribution in [0.1, 0.15) is 12.8 Å². The van der Waals surface area contributed by atoms with Crippen LogP contribution in [0.25, 0.3) is 11.0 Å². The summed E-state index contributed by atoms with van der Waals surface area (Å²) in [6.07, 6.45) is 4.42. The number of hydrogen-bond donors (Lipinski definition) is 1. The second kappa shape index (κ2) is 5.03. The SMILES string of the molecule is Clc1nc(Cl)c2ccn(CC3CCNCC3)c2n1. The van der Waals surface area contributed by atoms with Crippen molar-refractivity contribution in [3.05, 3.63) is 22.7 Å². The van der Waals surface area contributed by atoms with E-state index in [1.54, 1.807) is 0 Å². The normalized spacial score (nSPS) is 17.4. The summed E-state index contributed by atoms with van der Waals surface area (Å²) in [6.45, 7) is 3.16. The highest BCUT2D eigenvalue weighted by Gasteiger charge is 2.16. The minimum atomic E-state index is 0.206. The maximum absolute atomic E-state index is 6.06. The van der Waals surface area contributed by atoms with Gasteiger partial charge in [-0.1, -0.05) is 11.6 Å². The van der Waals surface area contributed by atoms with E-state index in [4.69, 9.17) is 23.2 Å². The van der Waals surface area contributed by atoms with Gasteiger partial charge >= 0.3 is 0 Å². The van der Waals surface area contributed by atoms with Crippen LogP contribution in [0.15, 0.2) is 12.3 Å². The van der Waals surface area contributed by atoms with E-state index in [1.165, 1.54) is 12.8 Å². The average Bonchev–Trinajstić information content (AvgIpc) is 2.74. The van der Waals surface area contributed by atoms with E-state index in [1.807, 2.05) is 12.3 Å². The minimum absolute atomic E-state index is 0.206. The number of piperidine rings is 1. The van der Waals surface area contributed by atoms with Crippen molar-refractivity contribution in [1.29, 1.82) is 0 Å². The number of rotatable bonds is 2. The highest BCUT2D eigenvalue weighted by atomic mass is 35.5. The zero-order valence-electron chi connectivity index (χ0n) is 9.87. The molecule has 2 aromatic heterocycles. The van der Waals surface area contributed by atoms with E-state index < -0.39 is 0 Å². The Bertz CT molecular complexity index is 560. The van der Waals surface area contributed by atoms with Crippen molar-refractivity contribution in [2.24, 2.45) is 5.92 Å². The molecular formula is C12H14Cl2N4. The minimum Gasteiger partial charge on any atom is -0.332 e. The van der Waals surface area contributed by atoms with Gasteiger partial charge in [-0.2, -0.15) is 4.98 Å². The standard InChI is InChI=1S/C12H14Cl2N4/c13-10-9-3-6-18(11(9)17-12(14)16-10)7-8-1-4-15-5-2-8/h3,6,8,15H,1-2,4-5,7H2. The number of fused-ring (bicyclic) bond motifs is 1. The third-order valence-electron chi connectivity index (χ3n) is 3.46. The highest BCUT2D eigenvalue weighted by molar-refractivity contribution is 6.35. The third kappa shape index (κ3) is 2.32. The molecule has 0 amide bonds. The van der Waals surface area contributed by atoms with Crippen molar-refractivity contribution in [3.8, 4) is 0 Å². The van der Waals surface area contributed by atoms with Gasteiger partial charge in [0, 0.05) is 12.7 Å². The van der Waals surface area contributed by atoms with Crippen molar-refractivity contribution in [2.45, 2.75) is 19.4 Å². The Labute approximate surface area is 115 Å². The van der Waals surface area contributed by atoms with E-state index in [2.05, 4.69) is 19.9 Å². The van der Waals surface area contributed by atoms with E-state index in [-0.39, 0.29) is 5.28 Å². The van der Waals surface area contributed by atoms with E-state index in [0.717, 1.165) is 30.7 Å². The number of aromatic nitrogens is 3. The first kappa shape index (κ1) is 12.2. The lowest BCUT2D eigenvalue weighted by Crippen LogP contribution is -2.29. The molecule has 1 aliphatic heterocycles. The second-order valence-corrected chi connectivity index (χ2v) is 5.38. The topological polar surface area (TPSA) is 42.7 Å². The summed E-state index contributed by atoms with van der Waals surface area (Å²) in [5, 5.41) is 4.87. The smallest absolute Gasteiger partial charge is 0.225 e. The molecule has 96 valence electrons. The fourth-order valence-electron chi connectivity index (χ4n) is 2.49. The van der Waals surface area contributed by atoms with Crippen LogP contribution in [0, 0.1) is 5.92 Å². The third-order valence-corrected chi connectivity index (χ3v) is 3.92. The summed E-state index contributed by atoms with van der Waals surface area (Å²) in [5.74, 6) is 0.689. The van der Waals surface area contributed by atoms with Crippen LogP contribution < -0.4 is 5.32 Å². The predicted molar refractivity (Wildman–Crippen MR) is 73.1 cm³/mol. The van der Waals surface area contributed by atoms with Crippen molar-refractivity contribution in [3.63, 3.8) is 0 Å². The molecule has 0 bridgehead atoms. The molecule has 1 N–H and O–H groups in total. The van der Waals surface area contributed by atoms with E-state index >= 15 is 0 Å². The van der Waals surface area contributed by atoms with Gasteiger partial charge in [-0.15, -0.1) is 0 Å². The van der Waals surface area contributed by atoms with Gasteiger partial charge in [0.1, 0.15) is 10.8 Å². The molecule has 3 heterocycles. The predicted octanol–water partition coefficient (Wildman–Crippen LogP) is 2.74. The summed E-state index contributed by atoms with van der Waals surface area (Å²) < 4.78 is 2.13. The van der Waals surface area contributed by atoms with Gasteiger partial charge in [0.15, 0.2) is 0 Å². The monoisotopic (exact) mass is 284 g/mol. The molecule has 0 saturated carbocycles. The molecule has 3 rings (SSSR count). The largest absolute Gasteiger partial charge is 0.332 e. The zero-order chi connectivity index (χ0) is 12.5. The van der Waals surface area contributed by atoms with Crippen LogP contribution in [0.3, 0.4) is 0 Å². The van der Waals surface area contributed by atoms with Crippen LogP contribution in [0.4, 0.5) is 0 Å². The first-order chi connectivity index (χ1) is 8.74. The summed E-state index contributed by atoms with van der Waals surface area (Å²) >= 11 is 11.9. The quantitative estimate of drug-likeness (QED) is 0.681. The molecule has 1 aliphatic rings. The Morgan fingerprint density at radius 1 is 1.28 bits per heavy atom. The zero-order valence-corrected chi connectivity index (χ0v) is 11.4. The maximum atomic E-state index is 6.06.